The Balaban J connectivity index is 1.99. The first-order valence-corrected chi connectivity index (χ1v) is 7.98. The molecule has 1 aromatic rings. The van der Waals surface area contributed by atoms with Crippen molar-refractivity contribution >= 4 is 17.7 Å². The smallest absolute Gasteiger partial charge is 0.345 e. The topological polar surface area (TPSA) is 102 Å². The molecule has 1 heterocycles. The Bertz CT molecular complexity index is 563. The van der Waals surface area contributed by atoms with Crippen LogP contribution in [0, 0.1) is 0 Å². The maximum atomic E-state index is 12.2. The largest absolute Gasteiger partial charge is 0.367 e. The SMILES string of the molecule is CC(C)Nc1nc(N[C@H]2CC[C@H](OC(F)F)CC2)ncc1C(N)=O. The van der Waals surface area contributed by atoms with Crippen LogP contribution in [0.4, 0.5) is 20.5 Å². The molecule has 0 unspecified atom stereocenters. The maximum Gasteiger partial charge on any atom is 0.345 e. The van der Waals surface area contributed by atoms with Gasteiger partial charge in [-0.05, 0) is 39.5 Å². The van der Waals surface area contributed by atoms with E-state index in [1.807, 2.05) is 13.8 Å². The highest BCUT2D eigenvalue weighted by atomic mass is 19.3. The fraction of sp³-hybridized carbons (Fsp3) is 0.667. The molecule has 9 heteroatoms. The molecule has 4 N–H and O–H groups in total. The lowest BCUT2D eigenvalue weighted by Crippen LogP contribution is -2.31. The molecule has 0 atom stereocenters. The molecule has 0 aromatic carbocycles. The number of aromatic nitrogens is 2. The van der Waals surface area contributed by atoms with Crippen LogP contribution in [-0.2, 0) is 4.74 Å². The van der Waals surface area contributed by atoms with Gasteiger partial charge in [0.15, 0.2) is 0 Å². The number of amides is 1. The second kappa shape index (κ2) is 8.18. The van der Waals surface area contributed by atoms with E-state index >= 15 is 0 Å². The number of nitrogens with zero attached hydrogens (tertiary/aromatic N) is 2. The number of carbonyl (C=O) groups is 1. The summed E-state index contributed by atoms with van der Waals surface area (Å²) >= 11 is 0. The highest BCUT2D eigenvalue weighted by Crippen LogP contribution is 2.25. The van der Waals surface area contributed by atoms with Crippen LogP contribution < -0.4 is 16.4 Å². The zero-order chi connectivity index (χ0) is 17.7. The first-order chi connectivity index (χ1) is 11.3. The number of halogens is 2. The summed E-state index contributed by atoms with van der Waals surface area (Å²) in [6.07, 6.45) is 3.46. The van der Waals surface area contributed by atoms with Crippen LogP contribution in [0.1, 0.15) is 49.9 Å². The number of primary amides is 1. The lowest BCUT2D eigenvalue weighted by Gasteiger charge is -2.29. The Morgan fingerprint density at radius 3 is 2.54 bits per heavy atom. The minimum atomic E-state index is -2.73. The monoisotopic (exact) mass is 343 g/mol. The molecule has 0 bridgehead atoms. The zero-order valence-corrected chi connectivity index (χ0v) is 13.8. The number of rotatable bonds is 7. The second-order valence-corrected chi connectivity index (χ2v) is 6.13. The molecule has 1 aliphatic carbocycles. The molecule has 7 nitrogen and oxygen atoms in total. The number of nitrogens with two attached hydrogens (primary N) is 1. The fourth-order valence-electron chi connectivity index (χ4n) is 2.69. The van der Waals surface area contributed by atoms with E-state index in [2.05, 4.69) is 25.3 Å². The molecule has 1 fully saturated rings. The second-order valence-electron chi connectivity index (χ2n) is 6.13. The molecule has 134 valence electrons. The summed E-state index contributed by atoms with van der Waals surface area (Å²) < 4.78 is 29.0. The number of ether oxygens (including phenoxy) is 1. The van der Waals surface area contributed by atoms with Gasteiger partial charge in [0.25, 0.3) is 5.91 Å². The molecule has 0 saturated heterocycles. The first-order valence-electron chi connectivity index (χ1n) is 7.98. The fourth-order valence-corrected chi connectivity index (χ4v) is 2.69. The summed E-state index contributed by atoms with van der Waals surface area (Å²) in [5.74, 6) is 0.153. The van der Waals surface area contributed by atoms with Crippen LogP contribution in [0.5, 0.6) is 0 Å². The summed E-state index contributed by atoms with van der Waals surface area (Å²) in [6.45, 7) is 1.11. The minimum Gasteiger partial charge on any atom is -0.367 e. The molecule has 1 saturated carbocycles. The summed E-state index contributed by atoms with van der Waals surface area (Å²) in [5, 5.41) is 6.24. The Hall–Kier alpha value is -2.03. The van der Waals surface area contributed by atoms with Crippen molar-refractivity contribution in [3.63, 3.8) is 0 Å². The molecule has 1 amide bonds. The molecular weight excluding hydrogens is 320 g/mol. The van der Waals surface area contributed by atoms with Gasteiger partial charge in [0, 0.05) is 18.3 Å². The van der Waals surface area contributed by atoms with Crippen LogP contribution >= 0.6 is 0 Å². The molecule has 0 spiro atoms. The number of nitrogens with one attached hydrogen (secondary N) is 2. The van der Waals surface area contributed by atoms with Gasteiger partial charge < -0.3 is 21.1 Å². The predicted octanol–water partition coefficient (Wildman–Crippen LogP) is 2.36. The van der Waals surface area contributed by atoms with Gasteiger partial charge in [-0.3, -0.25) is 4.79 Å². The summed E-state index contributed by atoms with van der Waals surface area (Å²) in [7, 11) is 0. The number of hydrogen-bond donors (Lipinski definition) is 3. The van der Waals surface area contributed by atoms with Gasteiger partial charge in [0.1, 0.15) is 5.82 Å². The van der Waals surface area contributed by atoms with Gasteiger partial charge in [-0.25, -0.2) is 4.98 Å². The highest BCUT2D eigenvalue weighted by molar-refractivity contribution is 5.97. The van der Waals surface area contributed by atoms with E-state index < -0.39 is 18.6 Å². The number of hydrogen-bond acceptors (Lipinski definition) is 6. The van der Waals surface area contributed by atoms with Gasteiger partial charge in [-0.2, -0.15) is 13.8 Å². The quantitative estimate of drug-likeness (QED) is 0.702. The van der Waals surface area contributed by atoms with E-state index in [1.54, 1.807) is 0 Å². The van der Waals surface area contributed by atoms with Crippen molar-refractivity contribution < 1.29 is 18.3 Å². The van der Waals surface area contributed by atoms with Crippen molar-refractivity contribution in [1.29, 1.82) is 0 Å². The normalized spacial score (nSPS) is 21.1. The zero-order valence-electron chi connectivity index (χ0n) is 13.8. The lowest BCUT2D eigenvalue weighted by molar-refractivity contribution is -0.169. The predicted molar refractivity (Wildman–Crippen MR) is 86.1 cm³/mol. The van der Waals surface area contributed by atoms with Crippen LogP contribution in [-0.4, -0.2) is 40.7 Å². The summed E-state index contributed by atoms with van der Waals surface area (Å²) in [6, 6.07) is 0.154. The minimum absolute atomic E-state index is 0.0767. The first kappa shape index (κ1) is 18.3. The van der Waals surface area contributed by atoms with Gasteiger partial charge in [0.2, 0.25) is 5.95 Å². The van der Waals surface area contributed by atoms with Crippen molar-refractivity contribution in [2.24, 2.45) is 5.73 Å². The third-order valence-electron chi connectivity index (χ3n) is 3.78. The summed E-state index contributed by atoms with van der Waals surface area (Å²) in [4.78, 5) is 19.9. The van der Waals surface area contributed by atoms with E-state index in [0.29, 0.717) is 37.4 Å². The Labute approximate surface area is 139 Å². The van der Waals surface area contributed by atoms with E-state index in [-0.39, 0.29) is 17.6 Å². The average Bonchev–Trinajstić information content (AvgIpc) is 2.48. The molecular formula is C15H23F2N5O2. The van der Waals surface area contributed by atoms with Crippen molar-refractivity contribution in [2.45, 2.75) is 64.3 Å². The van der Waals surface area contributed by atoms with Crippen LogP contribution in [0.25, 0.3) is 0 Å². The molecule has 24 heavy (non-hydrogen) atoms. The highest BCUT2D eigenvalue weighted by Gasteiger charge is 2.24. The number of alkyl halides is 2. The molecule has 0 radical (unpaired) electrons. The Morgan fingerprint density at radius 1 is 1.33 bits per heavy atom. The third kappa shape index (κ3) is 5.26. The molecule has 2 rings (SSSR count). The van der Waals surface area contributed by atoms with E-state index in [9.17, 15) is 13.6 Å². The average molecular weight is 343 g/mol. The number of anilines is 2. The van der Waals surface area contributed by atoms with Crippen LogP contribution in [0.15, 0.2) is 6.20 Å². The van der Waals surface area contributed by atoms with Gasteiger partial charge in [-0.15, -0.1) is 0 Å². The van der Waals surface area contributed by atoms with Crippen molar-refractivity contribution in [1.82, 2.24) is 9.97 Å². The Morgan fingerprint density at radius 2 is 2.00 bits per heavy atom. The van der Waals surface area contributed by atoms with Crippen molar-refractivity contribution in [3.8, 4) is 0 Å². The van der Waals surface area contributed by atoms with E-state index in [4.69, 9.17) is 5.73 Å². The van der Waals surface area contributed by atoms with Gasteiger partial charge in [-0.1, -0.05) is 0 Å². The Kier molecular flexibility index (Phi) is 6.24. The summed E-state index contributed by atoms with van der Waals surface area (Å²) in [5.41, 5.74) is 5.55. The van der Waals surface area contributed by atoms with E-state index in [1.165, 1.54) is 6.20 Å². The van der Waals surface area contributed by atoms with E-state index in [0.717, 1.165) is 0 Å². The van der Waals surface area contributed by atoms with Crippen LogP contribution in [0.3, 0.4) is 0 Å². The number of carbonyl (C=O) groups excluding carboxylic acids is 1. The maximum absolute atomic E-state index is 12.2. The molecule has 0 aliphatic heterocycles. The lowest BCUT2D eigenvalue weighted by atomic mass is 9.93. The van der Waals surface area contributed by atoms with Crippen LogP contribution in [0.2, 0.25) is 0 Å². The molecule has 1 aliphatic rings. The van der Waals surface area contributed by atoms with Crippen molar-refractivity contribution in [3.05, 3.63) is 11.8 Å². The third-order valence-corrected chi connectivity index (χ3v) is 3.78. The van der Waals surface area contributed by atoms with Gasteiger partial charge in [0.05, 0.1) is 11.7 Å². The standard InChI is InChI=1S/C15H23F2N5O2/c1-8(2)20-13-11(12(18)23)7-19-15(22-13)21-9-3-5-10(6-4-9)24-14(16)17/h7-10,14H,3-6H2,1-2H3,(H2,18,23)(H2,19,20,21,22)/t9-,10-. The molecule has 1 aromatic heterocycles. The van der Waals surface area contributed by atoms with Crippen molar-refractivity contribution in [2.75, 3.05) is 10.6 Å². The van der Waals surface area contributed by atoms with Gasteiger partial charge >= 0.3 is 6.61 Å².